The van der Waals surface area contributed by atoms with Crippen molar-refractivity contribution >= 4 is 30.9 Å². The van der Waals surface area contributed by atoms with Gasteiger partial charge in [0, 0.05) is 21.9 Å². The molecule has 0 saturated carbocycles. The van der Waals surface area contributed by atoms with Crippen LogP contribution in [0.15, 0.2) is 95.9 Å². The first-order valence-corrected chi connectivity index (χ1v) is 19.5. The fourth-order valence-corrected chi connectivity index (χ4v) is 7.67. The van der Waals surface area contributed by atoms with Crippen LogP contribution in [0.3, 0.4) is 0 Å². The van der Waals surface area contributed by atoms with E-state index in [2.05, 4.69) is 10.3 Å². The molecule has 1 aliphatic rings. The molecule has 15 heteroatoms. The quantitative estimate of drug-likeness (QED) is 0.0643. The van der Waals surface area contributed by atoms with E-state index in [0.717, 1.165) is 33.0 Å². The van der Waals surface area contributed by atoms with Gasteiger partial charge >= 0.3 is 13.9 Å². The number of rotatable bonds is 17. The SMILES string of the molecule is CCC(C)(C)C(=O)SCCO[P+](=O)OC[C@H]1O[C@@H](n2ccc(NC(c3ccccc3)(c3ccc(OC)cc3)c3ccc(OC)cc3)nc2=O)[C@@](C)(O)C1O. The fourth-order valence-electron chi connectivity index (χ4n) is 6.07. The first-order chi connectivity index (χ1) is 25.8. The van der Waals surface area contributed by atoms with E-state index in [-0.39, 0.29) is 17.5 Å². The summed E-state index contributed by atoms with van der Waals surface area (Å²) in [6, 6.07) is 26.5. The highest BCUT2D eigenvalue weighted by Gasteiger charge is 2.54. The molecular weight excluding hydrogens is 733 g/mol. The molecule has 3 N–H and O–H groups in total. The minimum absolute atomic E-state index is 0.00373. The lowest BCUT2D eigenvalue weighted by Gasteiger charge is -2.37. The van der Waals surface area contributed by atoms with Crippen LogP contribution in [-0.4, -0.2) is 75.9 Å². The number of nitrogens with one attached hydrogen (secondary N) is 1. The van der Waals surface area contributed by atoms with Crippen LogP contribution in [0.2, 0.25) is 0 Å². The number of thioether (sulfide) groups is 1. The predicted molar refractivity (Wildman–Crippen MR) is 206 cm³/mol. The van der Waals surface area contributed by atoms with Gasteiger partial charge < -0.3 is 29.7 Å². The van der Waals surface area contributed by atoms with Gasteiger partial charge in [-0.1, -0.05) is 87.1 Å². The van der Waals surface area contributed by atoms with Gasteiger partial charge in [0.2, 0.25) is 0 Å². The van der Waals surface area contributed by atoms with Gasteiger partial charge in [-0.05, 0) is 60.4 Å². The van der Waals surface area contributed by atoms with Crippen molar-refractivity contribution in [3.05, 3.63) is 118 Å². The molecule has 0 spiro atoms. The monoisotopic (exact) mass is 780 g/mol. The number of carbonyl (C=O) groups is 1. The zero-order chi connectivity index (χ0) is 39.1. The summed E-state index contributed by atoms with van der Waals surface area (Å²) < 4.78 is 40.8. The summed E-state index contributed by atoms with van der Waals surface area (Å²) in [6.07, 6.45) is -1.92. The van der Waals surface area contributed by atoms with Gasteiger partial charge in [0.05, 0.1) is 14.2 Å². The Morgan fingerprint density at radius 3 is 2.07 bits per heavy atom. The van der Waals surface area contributed by atoms with Gasteiger partial charge in [-0.3, -0.25) is 9.36 Å². The van der Waals surface area contributed by atoms with Crippen LogP contribution in [0.25, 0.3) is 0 Å². The second-order valence-electron chi connectivity index (χ2n) is 13.6. The van der Waals surface area contributed by atoms with Crippen molar-refractivity contribution in [3.63, 3.8) is 0 Å². The molecule has 0 aliphatic carbocycles. The molecule has 13 nitrogen and oxygen atoms in total. The first kappa shape index (κ1) is 41.0. The molecule has 1 fully saturated rings. The molecule has 1 aromatic heterocycles. The molecule has 5 atom stereocenters. The maximum absolute atomic E-state index is 13.7. The summed E-state index contributed by atoms with van der Waals surface area (Å²) >= 11 is 1.10. The molecule has 0 amide bonds. The molecule has 2 unspecified atom stereocenters. The zero-order valence-corrected chi connectivity index (χ0v) is 32.8. The van der Waals surface area contributed by atoms with Gasteiger partial charge in [0.15, 0.2) is 11.3 Å². The van der Waals surface area contributed by atoms with E-state index in [1.807, 2.05) is 99.6 Å². The highest BCUT2D eigenvalue weighted by atomic mass is 32.2. The smallest absolute Gasteiger partial charge is 0.497 e. The standard InChI is InChI=1S/C39H46N3O10PS/c1-7-37(2,3)35(44)54-24-23-50-53(47)51-25-31-33(43)38(4,46)34(52-31)42-22-21-32(40-36(42)45)41-39(26-11-9-8-10-12-26,27-13-17-29(48-5)18-14-27)28-15-19-30(49-6)20-16-28/h8-22,31,33-34,43,46H,7,23-25H2,1-6H3/p+1/t31-,33?,34-,38+/m1/s1. The number of carbonyl (C=O) groups excluding carboxylic acids is 1. The number of methoxy groups -OCH3 is 2. The Kier molecular flexibility index (Phi) is 13.3. The van der Waals surface area contributed by atoms with Gasteiger partial charge in [0.1, 0.15) is 53.9 Å². The Morgan fingerprint density at radius 1 is 0.963 bits per heavy atom. The first-order valence-electron chi connectivity index (χ1n) is 17.4. The number of aliphatic hydroxyl groups excluding tert-OH is 1. The van der Waals surface area contributed by atoms with Crippen LogP contribution in [-0.2, 0) is 28.7 Å². The lowest BCUT2D eigenvalue weighted by molar-refractivity contribution is -0.118. The van der Waals surface area contributed by atoms with Crippen molar-refractivity contribution in [2.75, 3.05) is 38.5 Å². The van der Waals surface area contributed by atoms with Crippen LogP contribution in [0.1, 0.15) is 57.0 Å². The number of aromatic nitrogens is 2. The number of aliphatic hydroxyl groups is 2. The molecule has 0 bridgehead atoms. The van der Waals surface area contributed by atoms with Gasteiger partial charge in [-0.2, -0.15) is 4.98 Å². The Bertz CT molecular complexity index is 1890. The van der Waals surface area contributed by atoms with E-state index < -0.39 is 55.5 Å². The zero-order valence-electron chi connectivity index (χ0n) is 31.1. The summed E-state index contributed by atoms with van der Waals surface area (Å²) in [7, 11) is 0.573. The number of nitrogens with zero attached hydrogens (tertiary/aromatic N) is 2. The average molecular weight is 781 g/mol. The average Bonchev–Trinajstić information content (AvgIpc) is 3.41. The Hall–Kier alpha value is -4.14. The maximum atomic E-state index is 13.7. The van der Waals surface area contributed by atoms with Crippen molar-refractivity contribution < 1.29 is 42.8 Å². The highest BCUT2D eigenvalue weighted by Crippen LogP contribution is 2.42. The largest absolute Gasteiger partial charge is 0.697 e. The molecule has 1 aliphatic heterocycles. The van der Waals surface area contributed by atoms with E-state index in [9.17, 15) is 24.4 Å². The summed E-state index contributed by atoms with van der Waals surface area (Å²) in [5.74, 6) is 1.85. The van der Waals surface area contributed by atoms with Crippen LogP contribution in [0.4, 0.5) is 5.82 Å². The van der Waals surface area contributed by atoms with E-state index in [1.165, 1.54) is 13.1 Å². The van der Waals surface area contributed by atoms with Crippen LogP contribution in [0.5, 0.6) is 11.5 Å². The summed E-state index contributed by atoms with van der Waals surface area (Å²) in [6.45, 7) is 6.60. The van der Waals surface area contributed by atoms with Crippen LogP contribution in [0, 0.1) is 5.41 Å². The highest BCUT2D eigenvalue weighted by molar-refractivity contribution is 8.13. The van der Waals surface area contributed by atoms with Crippen LogP contribution < -0.4 is 20.5 Å². The molecule has 5 rings (SSSR count). The van der Waals surface area contributed by atoms with E-state index >= 15 is 0 Å². The summed E-state index contributed by atoms with van der Waals surface area (Å²) in [4.78, 5) is 30.4. The third-order valence-electron chi connectivity index (χ3n) is 9.70. The topological polar surface area (TPSA) is 168 Å². The molecule has 288 valence electrons. The van der Waals surface area contributed by atoms with Crippen molar-refractivity contribution in [1.29, 1.82) is 0 Å². The van der Waals surface area contributed by atoms with Crippen molar-refractivity contribution in [2.45, 2.75) is 63.7 Å². The van der Waals surface area contributed by atoms with Crippen molar-refractivity contribution in [2.24, 2.45) is 5.41 Å². The molecule has 1 saturated heterocycles. The van der Waals surface area contributed by atoms with E-state index in [4.69, 9.17) is 23.3 Å². The van der Waals surface area contributed by atoms with Gasteiger partial charge in [-0.15, -0.1) is 9.05 Å². The molecule has 0 radical (unpaired) electrons. The minimum atomic E-state index is -2.62. The lowest BCUT2D eigenvalue weighted by atomic mass is 9.77. The molecule has 2 heterocycles. The van der Waals surface area contributed by atoms with Crippen LogP contribution >= 0.6 is 20.0 Å². The maximum Gasteiger partial charge on any atom is 0.697 e. The van der Waals surface area contributed by atoms with Crippen molar-refractivity contribution in [3.8, 4) is 11.5 Å². The number of benzene rings is 3. The van der Waals surface area contributed by atoms with Gasteiger partial charge in [0.25, 0.3) is 0 Å². The number of hydrogen-bond acceptors (Lipinski definition) is 13. The summed E-state index contributed by atoms with van der Waals surface area (Å²) in [5, 5.41) is 25.9. The minimum Gasteiger partial charge on any atom is -0.497 e. The summed E-state index contributed by atoms with van der Waals surface area (Å²) in [5.41, 5.74) is -1.74. The molecule has 3 aromatic carbocycles. The van der Waals surface area contributed by atoms with Gasteiger partial charge in [-0.25, -0.2) is 4.79 Å². The van der Waals surface area contributed by atoms with E-state index in [0.29, 0.717) is 23.7 Å². The Labute approximate surface area is 319 Å². The number of ether oxygens (including phenoxy) is 3. The third kappa shape index (κ3) is 8.87. The molecular formula is C39H47N3O10PS+. The fraction of sp³-hybridized carbons (Fsp3) is 0.410. The Morgan fingerprint density at radius 2 is 1.54 bits per heavy atom. The number of anilines is 1. The third-order valence-corrected chi connectivity index (χ3v) is 11.6. The Balaban J connectivity index is 1.36. The normalized spacial score (nSPS) is 20.4. The molecule has 4 aromatic rings. The second-order valence-corrected chi connectivity index (χ2v) is 15.7. The second kappa shape index (κ2) is 17.5. The predicted octanol–water partition coefficient (Wildman–Crippen LogP) is 6.06. The van der Waals surface area contributed by atoms with E-state index in [1.54, 1.807) is 20.3 Å². The molecule has 54 heavy (non-hydrogen) atoms. The van der Waals surface area contributed by atoms with Crippen molar-refractivity contribution in [1.82, 2.24) is 9.55 Å². The number of hydrogen-bond donors (Lipinski definition) is 3. The lowest BCUT2D eigenvalue weighted by Crippen LogP contribution is -2.46.